The Balaban J connectivity index is 2.78. The standard InChI is InChI=1S/C17H28F3N3O5/c1-15(2,3)27-13(25)21-8-11-7-10(22-14(26)28-16(4,5)6)9-23(11)12(24)17(18,19)20/h10-11H,7-9H2,1-6H3,(H,21,25)(H,22,26). The van der Waals surface area contributed by atoms with Gasteiger partial charge in [-0.15, -0.1) is 0 Å². The molecule has 1 heterocycles. The molecule has 1 aliphatic heterocycles. The van der Waals surface area contributed by atoms with Gasteiger partial charge in [-0.1, -0.05) is 0 Å². The van der Waals surface area contributed by atoms with Crippen LogP contribution >= 0.6 is 0 Å². The Morgan fingerprint density at radius 2 is 1.46 bits per heavy atom. The number of hydrogen-bond donors (Lipinski definition) is 2. The maximum absolute atomic E-state index is 12.9. The number of carbonyl (C=O) groups is 3. The second kappa shape index (κ2) is 8.44. The van der Waals surface area contributed by atoms with E-state index in [9.17, 15) is 27.6 Å². The molecule has 2 N–H and O–H groups in total. The average Bonchev–Trinajstić information content (AvgIpc) is 2.81. The van der Waals surface area contributed by atoms with Crippen molar-refractivity contribution in [1.82, 2.24) is 15.5 Å². The minimum atomic E-state index is -5.06. The number of ether oxygens (including phenoxy) is 2. The molecule has 1 saturated heterocycles. The van der Waals surface area contributed by atoms with Crippen molar-refractivity contribution in [2.24, 2.45) is 0 Å². The van der Waals surface area contributed by atoms with Crippen molar-refractivity contribution in [2.45, 2.75) is 77.4 Å². The molecule has 1 fully saturated rings. The summed E-state index contributed by atoms with van der Waals surface area (Å²) in [5.41, 5.74) is -1.55. The normalized spacial score (nSPS) is 20.5. The fourth-order valence-corrected chi connectivity index (χ4v) is 2.62. The molecule has 8 nitrogen and oxygen atoms in total. The summed E-state index contributed by atoms with van der Waals surface area (Å²) in [6, 6.07) is -1.70. The summed E-state index contributed by atoms with van der Waals surface area (Å²) in [5.74, 6) is -2.03. The molecule has 11 heteroatoms. The van der Waals surface area contributed by atoms with Crippen molar-refractivity contribution in [1.29, 1.82) is 0 Å². The third-order valence-electron chi connectivity index (χ3n) is 3.52. The lowest BCUT2D eigenvalue weighted by atomic mass is 10.1. The maximum atomic E-state index is 12.9. The molecule has 1 aliphatic rings. The molecule has 2 unspecified atom stereocenters. The Labute approximate surface area is 162 Å². The van der Waals surface area contributed by atoms with E-state index in [0.717, 1.165) is 0 Å². The largest absolute Gasteiger partial charge is 0.471 e. The molecule has 162 valence electrons. The SMILES string of the molecule is CC(C)(C)OC(=O)NCC1CC(NC(=O)OC(C)(C)C)CN1C(=O)C(F)(F)F. The average molecular weight is 411 g/mol. The van der Waals surface area contributed by atoms with E-state index in [-0.39, 0.29) is 19.5 Å². The number of rotatable bonds is 3. The summed E-state index contributed by atoms with van der Waals surface area (Å²) in [6.45, 7) is 9.27. The zero-order valence-electron chi connectivity index (χ0n) is 16.9. The molecule has 3 amide bonds. The molecule has 0 aliphatic carbocycles. The number of likely N-dealkylation sites (tertiary alicyclic amines) is 1. The van der Waals surface area contributed by atoms with Gasteiger partial charge in [-0.2, -0.15) is 13.2 Å². The number of amides is 3. The van der Waals surface area contributed by atoms with Gasteiger partial charge in [0.15, 0.2) is 0 Å². The lowest BCUT2D eigenvalue weighted by Crippen LogP contribution is -2.49. The summed E-state index contributed by atoms with van der Waals surface area (Å²) in [4.78, 5) is 35.9. The quantitative estimate of drug-likeness (QED) is 0.744. The Bertz CT molecular complexity index is 596. The summed E-state index contributed by atoms with van der Waals surface area (Å²) in [5, 5.41) is 4.82. The van der Waals surface area contributed by atoms with Gasteiger partial charge >= 0.3 is 24.3 Å². The van der Waals surface area contributed by atoms with Crippen molar-refractivity contribution in [2.75, 3.05) is 13.1 Å². The van der Waals surface area contributed by atoms with Crippen LogP contribution in [0.5, 0.6) is 0 Å². The lowest BCUT2D eigenvalue weighted by molar-refractivity contribution is -0.186. The van der Waals surface area contributed by atoms with Crippen LogP contribution in [0.3, 0.4) is 0 Å². The summed E-state index contributed by atoms with van der Waals surface area (Å²) >= 11 is 0. The summed E-state index contributed by atoms with van der Waals surface area (Å²) in [7, 11) is 0. The molecule has 0 saturated carbocycles. The predicted octanol–water partition coefficient (Wildman–Crippen LogP) is 2.57. The number of alkyl carbamates (subject to hydrolysis) is 2. The van der Waals surface area contributed by atoms with E-state index in [1.165, 1.54) is 0 Å². The van der Waals surface area contributed by atoms with Crippen molar-refractivity contribution in [3.63, 3.8) is 0 Å². The Kier molecular flexibility index (Phi) is 7.18. The van der Waals surface area contributed by atoms with Gasteiger partial charge in [0.05, 0.1) is 12.1 Å². The van der Waals surface area contributed by atoms with E-state index in [0.29, 0.717) is 4.90 Å². The van der Waals surface area contributed by atoms with Gasteiger partial charge in [-0.05, 0) is 48.0 Å². The first-order chi connectivity index (χ1) is 12.5. The molecule has 0 radical (unpaired) electrons. The molecule has 28 heavy (non-hydrogen) atoms. The third kappa shape index (κ3) is 8.22. The highest BCUT2D eigenvalue weighted by Crippen LogP contribution is 2.26. The van der Waals surface area contributed by atoms with Gasteiger partial charge < -0.3 is 25.0 Å². The molecule has 0 spiro atoms. The van der Waals surface area contributed by atoms with Crippen LogP contribution in [0, 0.1) is 0 Å². The highest BCUT2D eigenvalue weighted by Gasteiger charge is 2.48. The van der Waals surface area contributed by atoms with Crippen molar-refractivity contribution in [3.05, 3.63) is 0 Å². The van der Waals surface area contributed by atoms with Crippen LogP contribution < -0.4 is 10.6 Å². The van der Waals surface area contributed by atoms with Crippen LogP contribution in [0.2, 0.25) is 0 Å². The zero-order valence-corrected chi connectivity index (χ0v) is 16.9. The number of halogens is 3. The van der Waals surface area contributed by atoms with Crippen LogP contribution in [0.1, 0.15) is 48.0 Å². The minimum absolute atomic E-state index is 0.0247. The number of hydrogen-bond acceptors (Lipinski definition) is 5. The Morgan fingerprint density at radius 1 is 0.964 bits per heavy atom. The first kappa shape index (κ1) is 23.8. The van der Waals surface area contributed by atoms with Crippen LogP contribution in [0.15, 0.2) is 0 Å². The molecule has 0 aromatic carbocycles. The first-order valence-electron chi connectivity index (χ1n) is 8.82. The number of nitrogens with one attached hydrogen (secondary N) is 2. The molecule has 2 atom stereocenters. The van der Waals surface area contributed by atoms with Crippen LogP contribution in [0.4, 0.5) is 22.8 Å². The first-order valence-corrected chi connectivity index (χ1v) is 8.82. The van der Waals surface area contributed by atoms with Gasteiger partial charge in [-0.3, -0.25) is 4.79 Å². The second-order valence-electron chi connectivity index (χ2n) is 8.57. The fraction of sp³-hybridized carbons (Fsp3) is 0.824. The second-order valence-corrected chi connectivity index (χ2v) is 8.57. The Hall–Kier alpha value is -2.20. The highest BCUT2D eigenvalue weighted by atomic mass is 19.4. The molecule has 1 rings (SSSR count). The van der Waals surface area contributed by atoms with E-state index >= 15 is 0 Å². The smallest absolute Gasteiger partial charge is 0.444 e. The monoisotopic (exact) mass is 411 g/mol. The predicted molar refractivity (Wildman–Crippen MR) is 93.6 cm³/mol. The zero-order chi connectivity index (χ0) is 21.9. The van der Waals surface area contributed by atoms with Gasteiger partial charge in [0, 0.05) is 13.1 Å². The van der Waals surface area contributed by atoms with Crippen molar-refractivity contribution in [3.8, 4) is 0 Å². The fourth-order valence-electron chi connectivity index (χ4n) is 2.62. The van der Waals surface area contributed by atoms with Gasteiger partial charge in [0.25, 0.3) is 0 Å². The number of alkyl halides is 3. The van der Waals surface area contributed by atoms with E-state index < -0.39 is 47.6 Å². The van der Waals surface area contributed by atoms with Crippen LogP contribution in [-0.2, 0) is 14.3 Å². The van der Waals surface area contributed by atoms with E-state index in [4.69, 9.17) is 9.47 Å². The van der Waals surface area contributed by atoms with Gasteiger partial charge in [-0.25, -0.2) is 9.59 Å². The molecular formula is C17H28F3N3O5. The van der Waals surface area contributed by atoms with Gasteiger partial charge in [0.1, 0.15) is 11.2 Å². The highest BCUT2D eigenvalue weighted by molar-refractivity contribution is 5.82. The topological polar surface area (TPSA) is 97.0 Å². The maximum Gasteiger partial charge on any atom is 0.471 e. The third-order valence-corrected chi connectivity index (χ3v) is 3.52. The molecular weight excluding hydrogens is 383 g/mol. The Morgan fingerprint density at radius 3 is 1.93 bits per heavy atom. The van der Waals surface area contributed by atoms with E-state index in [2.05, 4.69) is 10.6 Å². The van der Waals surface area contributed by atoms with Crippen molar-refractivity contribution < 1.29 is 37.0 Å². The van der Waals surface area contributed by atoms with Crippen LogP contribution in [-0.4, -0.2) is 65.5 Å². The van der Waals surface area contributed by atoms with Crippen molar-refractivity contribution >= 4 is 18.1 Å². The summed E-state index contributed by atoms with van der Waals surface area (Å²) < 4.78 is 48.8. The summed E-state index contributed by atoms with van der Waals surface area (Å²) in [6.07, 6.45) is -6.64. The number of nitrogens with zero attached hydrogens (tertiary/aromatic N) is 1. The molecule has 0 aromatic heterocycles. The van der Waals surface area contributed by atoms with E-state index in [1.807, 2.05) is 0 Å². The van der Waals surface area contributed by atoms with Crippen LogP contribution in [0.25, 0.3) is 0 Å². The lowest BCUT2D eigenvalue weighted by Gasteiger charge is -2.26. The van der Waals surface area contributed by atoms with E-state index in [1.54, 1.807) is 41.5 Å². The minimum Gasteiger partial charge on any atom is -0.444 e. The van der Waals surface area contributed by atoms with Gasteiger partial charge in [0.2, 0.25) is 0 Å². The number of carbonyl (C=O) groups excluding carboxylic acids is 3. The molecule has 0 bridgehead atoms. The molecule has 0 aromatic rings.